The average molecular weight is 318 g/mol. The number of piperidine rings is 1. The maximum absolute atomic E-state index is 12.2. The minimum atomic E-state index is -0.697. The monoisotopic (exact) mass is 318 g/mol. The summed E-state index contributed by atoms with van der Waals surface area (Å²) in [7, 11) is 0. The van der Waals surface area contributed by atoms with E-state index in [1.807, 2.05) is 33.8 Å². The van der Waals surface area contributed by atoms with Gasteiger partial charge in [0.05, 0.1) is 11.3 Å². The molecule has 3 heterocycles. The molecular formula is C17H22N2O4. The lowest BCUT2D eigenvalue weighted by Crippen LogP contribution is -2.47. The quantitative estimate of drug-likeness (QED) is 0.688. The van der Waals surface area contributed by atoms with Gasteiger partial charge in [0.15, 0.2) is 5.60 Å². The molecule has 0 aliphatic carbocycles. The third-order valence-electron chi connectivity index (χ3n) is 4.20. The molecule has 0 saturated carbocycles. The Kier molecular flexibility index (Phi) is 3.58. The van der Waals surface area contributed by atoms with Crippen LogP contribution in [0, 0.1) is 6.92 Å². The number of esters is 1. The van der Waals surface area contributed by atoms with Crippen molar-refractivity contribution < 1.29 is 19.1 Å². The van der Waals surface area contributed by atoms with Crippen LogP contribution < -0.4 is 0 Å². The Morgan fingerprint density at radius 1 is 1.30 bits per heavy atom. The average Bonchev–Trinajstić information content (AvgIpc) is 2.70. The first-order valence-electron chi connectivity index (χ1n) is 7.90. The van der Waals surface area contributed by atoms with Crippen LogP contribution in [0.3, 0.4) is 0 Å². The summed E-state index contributed by atoms with van der Waals surface area (Å²) in [5.41, 5.74) is 0.900. The maximum Gasteiger partial charge on any atom is 0.410 e. The highest BCUT2D eigenvalue weighted by molar-refractivity contribution is 5.94. The lowest BCUT2D eigenvalue weighted by molar-refractivity contribution is -0.0487. The van der Waals surface area contributed by atoms with Crippen molar-refractivity contribution in [2.24, 2.45) is 0 Å². The Morgan fingerprint density at radius 3 is 2.57 bits per heavy atom. The fourth-order valence-electron chi connectivity index (χ4n) is 3.07. The molecule has 0 unspecified atom stereocenters. The number of aryl methyl sites for hydroxylation is 1. The van der Waals surface area contributed by atoms with Gasteiger partial charge in [-0.25, -0.2) is 9.59 Å². The summed E-state index contributed by atoms with van der Waals surface area (Å²) in [5, 5.41) is 0. The second-order valence-corrected chi connectivity index (χ2v) is 7.20. The number of rotatable bonds is 0. The molecule has 1 fully saturated rings. The van der Waals surface area contributed by atoms with Crippen LogP contribution in [0.1, 0.15) is 55.4 Å². The number of fused-ring (bicyclic) bond motifs is 2. The standard InChI is InChI=1S/C17H22N2O4/c1-11-5-6-12-13(18-11)17(22-14(12)20)7-9-19(10-8-17)15(21)23-16(2,3)4/h5-6H,7-10H2,1-4H3. The molecule has 1 amide bonds. The van der Waals surface area contributed by atoms with Crippen LogP contribution in [0.5, 0.6) is 0 Å². The molecular weight excluding hydrogens is 296 g/mol. The summed E-state index contributed by atoms with van der Waals surface area (Å²) in [5.74, 6) is -0.321. The zero-order valence-corrected chi connectivity index (χ0v) is 14.0. The minimum absolute atomic E-state index is 0.321. The van der Waals surface area contributed by atoms with Gasteiger partial charge in [-0.2, -0.15) is 0 Å². The number of hydrogen-bond donors (Lipinski definition) is 0. The number of hydrogen-bond acceptors (Lipinski definition) is 5. The first-order valence-corrected chi connectivity index (χ1v) is 7.90. The van der Waals surface area contributed by atoms with E-state index in [0.29, 0.717) is 37.2 Å². The largest absolute Gasteiger partial charge is 0.449 e. The van der Waals surface area contributed by atoms with E-state index in [1.165, 1.54) is 0 Å². The molecule has 1 aromatic heterocycles. The second-order valence-electron chi connectivity index (χ2n) is 7.20. The third kappa shape index (κ3) is 2.90. The summed E-state index contributed by atoms with van der Waals surface area (Å²) in [4.78, 5) is 30.4. The van der Waals surface area contributed by atoms with Crippen molar-refractivity contribution in [2.45, 2.75) is 51.7 Å². The molecule has 23 heavy (non-hydrogen) atoms. The van der Waals surface area contributed by atoms with Gasteiger partial charge in [0.1, 0.15) is 5.60 Å². The van der Waals surface area contributed by atoms with Gasteiger partial charge in [0, 0.05) is 31.6 Å². The summed E-state index contributed by atoms with van der Waals surface area (Å²) in [6.45, 7) is 8.40. The molecule has 0 radical (unpaired) electrons. The number of carbonyl (C=O) groups is 2. The number of amides is 1. The topological polar surface area (TPSA) is 68.7 Å². The highest BCUT2D eigenvalue weighted by Gasteiger charge is 2.49. The number of pyridine rings is 1. The van der Waals surface area contributed by atoms with E-state index in [4.69, 9.17) is 9.47 Å². The Labute approximate surface area is 135 Å². The molecule has 0 N–H and O–H groups in total. The van der Waals surface area contributed by atoms with E-state index in [0.717, 1.165) is 5.69 Å². The SMILES string of the molecule is Cc1ccc2c(n1)C1(CCN(C(=O)OC(C)(C)C)CC1)OC2=O. The lowest BCUT2D eigenvalue weighted by Gasteiger charge is -2.38. The van der Waals surface area contributed by atoms with Gasteiger partial charge in [-0.15, -0.1) is 0 Å². The molecule has 2 aliphatic rings. The summed E-state index contributed by atoms with van der Waals surface area (Å²) >= 11 is 0. The zero-order chi connectivity index (χ0) is 16.8. The molecule has 1 aromatic rings. The van der Waals surface area contributed by atoms with Crippen molar-refractivity contribution in [1.82, 2.24) is 9.88 Å². The van der Waals surface area contributed by atoms with Crippen LogP contribution >= 0.6 is 0 Å². The smallest absolute Gasteiger partial charge is 0.410 e. The van der Waals surface area contributed by atoms with Crippen LogP contribution in [0.25, 0.3) is 0 Å². The van der Waals surface area contributed by atoms with Crippen molar-refractivity contribution in [3.05, 3.63) is 29.1 Å². The predicted octanol–water partition coefficient (Wildman–Crippen LogP) is 2.79. The molecule has 6 heteroatoms. The van der Waals surface area contributed by atoms with Crippen molar-refractivity contribution >= 4 is 12.1 Å². The van der Waals surface area contributed by atoms with Gasteiger partial charge in [0.25, 0.3) is 0 Å². The van der Waals surface area contributed by atoms with Gasteiger partial charge < -0.3 is 14.4 Å². The summed E-state index contributed by atoms with van der Waals surface area (Å²) in [6, 6.07) is 3.59. The number of likely N-dealkylation sites (tertiary alicyclic amines) is 1. The fourth-order valence-corrected chi connectivity index (χ4v) is 3.07. The Balaban J connectivity index is 1.76. The maximum atomic E-state index is 12.2. The van der Waals surface area contributed by atoms with Gasteiger partial charge in [-0.05, 0) is 39.8 Å². The molecule has 2 aliphatic heterocycles. The molecule has 0 bridgehead atoms. The van der Waals surface area contributed by atoms with E-state index in [2.05, 4.69) is 4.98 Å². The fraction of sp³-hybridized carbons (Fsp3) is 0.588. The number of aromatic nitrogens is 1. The zero-order valence-electron chi connectivity index (χ0n) is 14.0. The first-order chi connectivity index (χ1) is 10.7. The van der Waals surface area contributed by atoms with Crippen molar-refractivity contribution in [3.8, 4) is 0 Å². The van der Waals surface area contributed by atoms with Crippen molar-refractivity contribution in [3.63, 3.8) is 0 Å². The summed E-state index contributed by atoms with van der Waals surface area (Å²) < 4.78 is 11.1. The predicted molar refractivity (Wildman–Crippen MR) is 83.1 cm³/mol. The van der Waals surface area contributed by atoms with Gasteiger partial charge in [-0.3, -0.25) is 4.98 Å². The van der Waals surface area contributed by atoms with E-state index < -0.39 is 11.2 Å². The van der Waals surface area contributed by atoms with E-state index >= 15 is 0 Å². The molecule has 124 valence electrons. The van der Waals surface area contributed by atoms with Gasteiger partial charge in [0.2, 0.25) is 0 Å². The lowest BCUT2D eigenvalue weighted by atomic mass is 9.87. The molecule has 6 nitrogen and oxygen atoms in total. The first kappa shape index (κ1) is 15.8. The van der Waals surface area contributed by atoms with Crippen molar-refractivity contribution in [2.75, 3.05) is 13.1 Å². The molecule has 3 rings (SSSR count). The van der Waals surface area contributed by atoms with Gasteiger partial charge in [-0.1, -0.05) is 0 Å². The van der Waals surface area contributed by atoms with Crippen LogP contribution in [-0.2, 0) is 15.1 Å². The molecule has 1 spiro atoms. The Morgan fingerprint density at radius 2 is 1.96 bits per heavy atom. The van der Waals surface area contributed by atoms with Crippen LogP contribution in [0.15, 0.2) is 12.1 Å². The van der Waals surface area contributed by atoms with E-state index in [-0.39, 0.29) is 12.1 Å². The Bertz CT molecular complexity index is 655. The highest BCUT2D eigenvalue weighted by atomic mass is 16.6. The van der Waals surface area contributed by atoms with Crippen LogP contribution in [0.4, 0.5) is 4.79 Å². The second kappa shape index (κ2) is 5.22. The number of nitrogens with zero attached hydrogens (tertiary/aromatic N) is 2. The third-order valence-corrected chi connectivity index (χ3v) is 4.20. The summed E-state index contributed by atoms with van der Waals surface area (Å²) in [6.07, 6.45) is 0.761. The molecule has 0 aromatic carbocycles. The van der Waals surface area contributed by atoms with E-state index in [1.54, 1.807) is 11.0 Å². The van der Waals surface area contributed by atoms with Crippen LogP contribution in [-0.4, -0.2) is 40.6 Å². The normalized spacial score (nSPS) is 19.5. The molecule has 1 saturated heterocycles. The van der Waals surface area contributed by atoms with Crippen LogP contribution in [0.2, 0.25) is 0 Å². The number of carbonyl (C=O) groups excluding carboxylic acids is 2. The van der Waals surface area contributed by atoms with Gasteiger partial charge >= 0.3 is 12.1 Å². The Hall–Kier alpha value is -2.11. The van der Waals surface area contributed by atoms with E-state index in [9.17, 15) is 9.59 Å². The number of ether oxygens (including phenoxy) is 2. The highest BCUT2D eigenvalue weighted by Crippen LogP contribution is 2.43. The van der Waals surface area contributed by atoms with Crippen molar-refractivity contribution in [1.29, 1.82) is 0 Å². The molecule has 0 atom stereocenters. The minimum Gasteiger partial charge on any atom is -0.449 e.